The average molecular weight is 291 g/mol. The number of esters is 1. The van der Waals surface area contributed by atoms with Crippen LogP contribution in [0.5, 0.6) is 0 Å². The van der Waals surface area contributed by atoms with Gasteiger partial charge in [-0.05, 0) is 52.1 Å². The van der Waals surface area contributed by atoms with Crippen molar-refractivity contribution in [1.29, 1.82) is 0 Å². The quantitative estimate of drug-likeness (QED) is 0.681. The maximum Gasteiger partial charge on any atom is 0.340 e. The highest BCUT2D eigenvalue weighted by Gasteiger charge is 2.21. The molecule has 1 aromatic carbocycles. The van der Waals surface area contributed by atoms with Crippen LogP contribution in [0.4, 0.5) is 11.4 Å². The molecule has 116 valence electrons. The number of ether oxygens (including phenoxy) is 1. The molecular weight excluding hydrogens is 266 g/mol. The number of benzene rings is 1. The van der Waals surface area contributed by atoms with Crippen molar-refractivity contribution in [3.8, 4) is 0 Å². The van der Waals surface area contributed by atoms with Gasteiger partial charge in [0.15, 0.2) is 0 Å². The Kier molecular flexibility index (Phi) is 5.07. The molecule has 21 heavy (non-hydrogen) atoms. The minimum atomic E-state index is -0.351. The predicted octanol–water partition coefficient (Wildman–Crippen LogP) is 1.98. The molecule has 2 N–H and O–H groups in total. The van der Waals surface area contributed by atoms with Crippen LogP contribution in [0, 0.1) is 0 Å². The minimum absolute atomic E-state index is 0.351. The molecule has 1 heterocycles. The Morgan fingerprint density at radius 3 is 2.90 bits per heavy atom. The van der Waals surface area contributed by atoms with Gasteiger partial charge < -0.3 is 20.3 Å². The normalized spacial score (nSPS) is 20.1. The van der Waals surface area contributed by atoms with Gasteiger partial charge in [0.2, 0.25) is 0 Å². The predicted molar refractivity (Wildman–Crippen MR) is 85.7 cm³/mol. The van der Waals surface area contributed by atoms with Gasteiger partial charge in [-0.3, -0.25) is 0 Å². The topological polar surface area (TPSA) is 58.8 Å². The molecule has 1 atom stereocenters. The smallest absolute Gasteiger partial charge is 0.340 e. The summed E-state index contributed by atoms with van der Waals surface area (Å²) in [4.78, 5) is 16.7. The zero-order valence-electron chi connectivity index (χ0n) is 13.1. The van der Waals surface area contributed by atoms with E-state index in [4.69, 9.17) is 10.5 Å². The second-order valence-electron chi connectivity index (χ2n) is 5.65. The van der Waals surface area contributed by atoms with Crippen LogP contribution in [0.2, 0.25) is 0 Å². The van der Waals surface area contributed by atoms with Gasteiger partial charge in [0.1, 0.15) is 0 Å². The van der Waals surface area contributed by atoms with Crippen molar-refractivity contribution < 1.29 is 9.53 Å². The number of hydrogen-bond donors (Lipinski definition) is 1. The van der Waals surface area contributed by atoms with Crippen LogP contribution in [-0.2, 0) is 4.74 Å². The molecule has 0 saturated carbocycles. The second-order valence-corrected chi connectivity index (χ2v) is 5.65. The lowest BCUT2D eigenvalue weighted by Crippen LogP contribution is -2.38. The fourth-order valence-corrected chi connectivity index (χ4v) is 2.86. The molecular formula is C16H25N3O2. The first kappa shape index (κ1) is 15.6. The highest BCUT2D eigenvalue weighted by atomic mass is 16.5. The number of rotatable bonds is 3. The molecule has 0 aliphatic carbocycles. The summed E-state index contributed by atoms with van der Waals surface area (Å²) in [5.41, 5.74) is 7.87. The van der Waals surface area contributed by atoms with Crippen molar-refractivity contribution in [3.05, 3.63) is 23.8 Å². The van der Waals surface area contributed by atoms with Crippen LogP contribution in [0.25, 0.3) is 0 Å². The monoisotopic (exact) mass is 291 g/mol. The first-order chi connectivity index (χ1) is 10.0. The number of hydrogen-bond acceptors (Lipinski definition) is 5. The SMILES string of the molecule is CCOC(=O)c1cc(N2CCCN(C)CC2C)ccc1N. The molecule has 0 aromatic heterocycles. The van der Waals surface area contributed by atoms with Crippen LogP contribution in [0.1, 0.15) is 30.6 Å². The molecule has 2 rings (SSSR count). The molecule has 1 aromatic rings. The van der Waals surface area contributed by atoms with E-state index in [2.05, 4.69) is 23.8 Å². The highest BCUT2D eigenvalue weighted by molar-refractivity contribution is 5.96. The lowest BCUT2D eigenvalue weighted by atomic mass is 10.1. The fraction of sp³-hybridized carbons (Fsp3) is 0.562. The Balaban J connectivity index is 2.27. The van der Waals surface area contributed by atoms with Crippen LogP contribution < -0.4 is 10.6 Å². The molecule has 5 heteroatoms. The number of carbonyl (C=O) groups is 1. The molecule has 1 unspecified atom stereocenters. The van der Waals surface area contributed by atoms with Gasteiger partial charge in [0.25, 0.3) is 0 Å². The molecule has 0 amide bonds. The molecule has 0 radical (unpaired) electrons. The highest BCUT2D eigenvalue weighted by Crippen LogP contribution is 2.25. The van der Waals surface area contributed by atoms with E-state index in [0.29, 0.717) is 23.9 Å². The first-order valence-corrected chi connectivity index (χ1v) is 7.54. The van der Waals surface area contributed by atoms with Crippen molar-refractivity contribution in [2.24, 2.45) is 0 Å². The summed E-state index contributed by atoms with van der Waals surface area (Å²) in [6.45, 7) is 7.46. The Morgan fingerprint density at radius 2 is 2.19 bits per heavy atom. The Morgan fingerprint density at radius 1 is 1.43 bits per heavy atom. The second kappa shape index (κ2) is 6.80. The van der Waals surface area contributed by atoms with E-state index in [9.17, 15) is 4.79 Å². The fourth-order valence-electron chi connectivity index (χ4n) is 2.86. The number of nitrogens with zero attached hydrogens (tertiary/aromatic N) is 2. The molecule has 0 bridgehead atoms. The van der Waals surface area contributed by atoms with Gasteiger partial charge in [-0.2, -0.15) is 0 Å². The maximum atomic E-state index is 12.0. The summed E-state index contributed by atoms with van der Waals surface area (Å²) in [6, 6.07) is 6.04. The van der Waals surface area contributed by atoms with Crippen LogP contribution in [0.15, 0.2) is 18.2 Å². The Labute approximate surface area is 126 Å². The zero-order valence-corrected chi connectivity index (χ0v) is 13.1. The lowest BCUT2D eigenvalue weighted by Gasteiger charge is -2.30. The van der Waals surface area contributed by atoms with E-state index in [-0.39, 0.29) is 5.97 Å². The Bertz CT molecular complexity index is 504. The van der Waals surface area contributed by atoms with Crippen molar-refractivity contribution in [2.75, 3.05) is 43.9 Å². The van der Waals surface area contributed by atoms with E-state index < -0.39 is 0 Å². The van der Waals surface area contributed by atoms with Gasteiger partial charge in [-0.25, -0.2) is 4.79 Å². The van der Waals surface area contributed by atoms with E-state index in [0.717, 1.165) is 31.7 Å². The Hall–Kier alpha value is -1.75. The molecule has 1 saturated heterocycles. The molecule has 5 nitrogen and oxygen atoms in total. The lowest BCUT2D eigenvalue weighted by molar-refractivity contribution is 0.0527. The molecule has 1 aliphatic heterocycles. The third-order valence-electron chi connectivity index (χ3n) is 3.91. The zero-order chi connectivity index (χ0) is 15.4. The van der Waals surface area contributed by atoms with Crippen molar-refractivity contribution in [2.45, 2.75) is 26.3 Å². The van der Waals surface area contributed by atoms with Gasteiger partial charge in [0.05, 0.1) is 12.2 Å². The summed E-state index contributed by atoms with van der Waals surface area (Å²) in [6.07, 6.45) is 1.11. The number of carbonyl (C=O) groups excluding carboxylic acids is 1. The number of nitrogens with two attached hydrogens (primary N) is 1. The van der Waals surface area contributed by atoms with Gasteiger partial charge in [0, 0.05) is 30.5 Å². The van der Waals surface area contributed by atoms with Crippen molar-refractivity contribution in [3.63, 3.8) is 0 Å². The first-order valence-electron chi connectivity index (χ1n) is 7.54. The van der Waals surface area contributed by atoms with Crippen LogP contribution in [0.3, 0.4) is 0 Å². The number of nitrogen functional groups attached to an aromatic ring is 1. The number of likely N-dealkylation sites (N-methyl/N-ethyl adjacent to an activating group) is 1. The van der Waals surface area contributed by atoms with Crippen LogP contribution in [-0.4, -0.2) is 50.2 Å². The van der Waals surface area contributed by atoms with E-state index in [1.807, 2.05) is 12.1 Å². The summed E-state index contributed by atoms with van der Waals surface area (Å²) in [5.74, 6) is -0.351. The van der Waals surface area contributed by atoms with Gasteiger partial charge in [-0.1, -0.05) is 0 Å². The average Bonchev–Trinajstić information content (AvgIpc) is 2.60. The summed E-state index contributed by atoms with van der Waals surface area (Å²) >= 11 is 0. The summed E-state index contributed by atoms with van der Waals surface area (Å²) < 4.78 is 5.07. The number of anilines is 2. The van der Waals surface area contributed by atoms with E-state index in [1.54, 1.807) is 13.0 Å². The van der Waals surface area contributed by atoms with Crippen molar-refractivity contribution >= 4 is 17.3 Å². The van der Waals surface area contributed by atoms with Gasteiger partial charge >= 0.3 is 5.97 Å². The van der Waals surface area contributed by atoms with Crippen LogP contribution >= 0.6 is 0 Å². The molecule has 0 spiro atoms. The third kappa shape index (κ3) is 3.67. The molecule has 1 fully saturated rings. The minimum Gasteiger partial charge on any atom is -0.462 e. The van der Waals surface area contributed by atoms with E-state index in [1.165, 1.54) is 0 Å². The standard InChI is InChI=1S/C16H25N3O2/c1-4-21-16(20)14-10-13(6-7-15(14)17)19-9-5-8-18(3)11-12(19)2/h6-7,10,12H,4-5,8-9,11,17H2,1-3H3. The summed E-state index contributed by atoms with van der Waals surface area (Å²) in [5, 5.41) is 0. The maximum absolute atomic E-state index is 12.0. The molecule has 1 aliphatic rings. The third-order valence-corrected chi connectivity index (χ3v) is 3.91. The largest absolute Gasteiger partial charge is 0.462 e. The summed E-state index contributed by atoms with van der Waals surface area (Å²) in [7, 11) is 2.15. The van der Waals surface area contributed by atoms with E-state index >= 15 is 0 Å². The van der Waals surface area contributed by atoms with Gasteiger partial charge in [-0.15, -0.1) is 0 Å². The van der Waals surface area contributed by atoms with Crippen molar-refractivity contribution in [1.82, 2.24) is 4.90 Å².